The maximum absolute atomic E-state index is 7.28. The van der Waals surface area contributed by atoms with Crippen molar-refractivity contribution >= 4 is 143 Å². The molecule has 0 amide bonds. The molecule has 0 unspecified atom stereocenters. The van der Waals surface area contributed by atoms with Crippen LogP contribution in [0, 0.1) is 0 Å². The first-order chi connectivity index (χ1) is 38.9. The molecule has 0 fully saturated rings. The highest BCUT2D eigenvalue weighted by Crippen LogP contribution is 2.51. The molecule has 0 N–H and O–H groups in total. The van der Waals surface area contributed by atoms with Crippen molar-refractivity contribution < 1.29 is 17.7 Å². The summed E-state index contributed by atoms with van der Waals surface area (Å²) >= 11 is 0. The van der Waals surface area contributed by atoms with Crippen molar-refractivity contribution in [3.63, 3.8) is 0 Å². The summed E-state index contributed by atoms with van der Waals surface area (Å²) in [5.41, 5.74) is 18.1. The predicted molar refractivity (Wildman–Crippen MR) is 336 cm³/mol. The normalized spacial score (nSPS) is 12.4. The summed E-state index contributed by atoms with van der Waals surface area (Å²) in [5, 5.41) is 13.3. The number of anilines is 6. The van der Waals surface area contributed by atoms with Gasteiger partial charge in [-0.15, -0.1) is 0 Å². The molecule has 0 saturated carbocycles. The summed E-state index contributed by atoms with van der Waals surface area (Å²) in [6.07, 6.45) is 0. The minimum Gasteiger partial charge on any atom is -0.456 e. The van der Waals surface area contributed by atoms with E-state index in [9.17, 15) is 0 Å². The van der Waals surface area contributed by atoms with Crippen LogP contribution in [-0.2, 0) is 0 Å². The van der Waals surface area contributed by atoms with E-state index >= 15 is 0 Å². The van der Waals surface area contributed by atoms with Gasteiger partial charge in [-0.1, -0.05) is 152 Å². The fourth-order valence-electron chi connectivity index (χ4n) is 12.9. The lowest BCUT2D eigenvalue weighted by molar-refractivity contribution is 0.649. The SMILES string of the molecule is CC(C)c1cccc(N(c2ccc3cc4c(cc3c2)oc2c(C(C)C)c3c(oc5cc6cc(N(c7cccc(C(C)C)c7)c7cccc8c7oc7ccccc78)ccc6cc53)c(C(C)C)c24)c2cccc3c2oc2ccccc23)c1. The number of rotatable bonds is 10. The van der Waals surface area contributed by atoms with Crippen molar-refractivity contribution in [3.8, 4) is 0 Å². The Bertz CT molecular complexity index is 4690. The maximum atomic E-state index is 7.28. The van der Waals surface area contributed by atoms with E-state index in [-0.39, 0.29) is 11.8 Å². The topological polar surface area (TPSA) is 59.0 Å². The lowest BCUT2D eigenvalue weighted by Crippen LogP contribution is -2.10. The Morgan fingerprint density at radius 3 is 1.09 bits per heavy atom. The van der Waals surface area contributed by atoms with E-state index in [0.29, 0.717) is 11.8 Å². The second-order valence-electron chi connectivity index (χ2n) is 23.2. The van der Waals surface area contributed by atoms with E-state index in [1.54, 1.807) is 0 Å². The van der Waals surface area contributed by atoms with E-state index in [1.807, 2.05) is 12.1 Å². The number of nitrogens with zero attached hydrogens (tertiary/aromatic N) is 2. The molecule has 0 radical (unpaired) electrons. The van der Waals surface area contributed by atoms with Gasteiger partial charge in [-0.25, -0.2) is 0 Å². The van der Waals surface area contributed by atoms with Gasteiger partial charge in [-0.2, -0.15) is 0 Å². The van der Waals surface area contributed by atoms with Gasteiger partial charge in [0.2, 0.25) is 0 Å². The van der Waals surface area contributed by atoms with Crippen molar-refractivity contribution in [1.29, 1.82) is 0 Å². The molecule has 0 atom stereocenters. The molecule has 4 aromatic heterocycles. The first kappa shape index (κ1) is 47.9. The van der Waals surface area contributed by atoms with Crippen molar-refractivity contribution in [2.24, 2.45) is 0 Å². The minimum absolute atomic E-state index is 0.133. The van der Waals surface area contributed by atoms with Gasteiger partial charge < -0.3 is 27.5 Å². The summed E-state index contributed by atoms with van der Waals surface area (Å²) < 4.78 is 28.0. The van der Waals surface area contributed by atoms with Gasteiger partial charge in [0, 0.05) is 77.0 Å². The van der Waals surface area contributed by atoms with Crippen LogP contribution in [-0.4, -0.2) is 0 Å². The quantitative estimate of drug-likeness (QED) is 0.136. The zero-order valence-electron chi connectivity index (χ0n) is 46.3. The van der Waals surface area contributed by atoms with Crippen LogP contribution in [0.2, 0.25) is 0 Å². The van der Waals surface area contributed by atoms with E-state index < -0.39 is 0 Å². The van der Waals surface area contributed by atoms with Crippen LogP contribution in [0.3, 0.4) is 0 Å². The largest absolute Gasteiger partial charge is 0.456 e. The number of hydrogen-bond donors (Lipinski definition) is 0. The molecule has 15 aromatic rings. The third-order valence-electron chi connectivity index (χ3n) is 16.8. The van der Waals surface area contributed by atoms with Gasteiger partial charge in [0.15, 0.2) is 11.2 Å². The molecular formula is C74H60N2O4. The van der Waals surface area contributed by atoms with Gasteiger partial charge in [0.25, 0.3) is 0 Å². The Hall–Kier alpha value is -9.26. The summed E-state index contributed by atoms with van der Waals surface area (Å²) in [7, 11) is 0. The van der Waals surface area contributed by atoms with Crippen LogP contribution in [0.25, 0.3) is 109 Å². The molecular weight excluding hydrogens is 981 g/mol. The summed E-state index contributed by atoms with van der Waals surface area (Å²) in [5.74, 6) is 0.995. The Balaban J connectivity index is 0.901. The van der Waals surface area contributed by atoms with Gasteiger partial charge in [0.1, 0.15) is 33.5 Å². The van der Waals surface area contributed by atoms with Crippen LogP contribution in [0.1, 0.15) is 101 Å². The molecule has 6 nitrogen and oxygen atoms in total. The lowest BCUT2D eigenvalue weighted by Gasteiger charge is -2.26. The summed E-state index contributed by atoms with van der Waals surface area (Å²) in [6.45, 7) is 18.1. The molecule has 0 bridgehead atoms. The first-order valence-corrected chi connectivity index (χ1v) is 28.3. The number of hydrogen-bond acceptors (Lipinski definition) is 6. The second kappa shape index (κ2) is 18.2. The highest BCUT2D eigenvalue weighted by atomic mass is 16.3. The monoisotopic (exact) mass is 1040 g/mol. The zero-order chi connectivity index (χ0) is 54.2. The second-order valence-corrected chi connectivity index (χ2v) is 23.2. The van der Waals surface area contributed by atoms with Crippen molar-refractivity contribution in [2.75, 3.05) is 9.80 Å². The number of fused-ring (bicyclic) bond motifs is 14. The molecule has 6 heteroatoms. The average molecular weight is 1040 g/mol. The Morgan fingerprint density at radius 2 is 0.662 bits per heavy atom. The fraction of sp³-hybridized carbons (Fsp3) is 0.162. The van der Waals surface area contributed by atoms with Crippen molar-refractivity contribution in [1.82, 2.24) is 0 Å². The van der Waals surface area contributed by atoms with Crippen LogP contribution >= 0.6 is 0 Å². The van der Waals surface area contributed by atoms with E-state index in [4.69, 9.17) is 17.7 Å². The average Bonchev–Trinajstić information content (AvgIpc) is 4.36. The molecule has 0 aliphatic rings. The minimum atomic E-state index is 0.133. The first-order valence-electron chi connectivity index (χ1n) is 28.3. The van der Waals surface area contributed by atoms with Gasteiger partial charge in [-0.05, 0) is 153 Å². The molecule has 11 aromatic carbocycles. The molecule has 0 saturated heterocycles. The maximum Gasteiger partial charge on any atom is 0.159 e. The van der Waals surface area contributed by atoms with Crippen LogP contribution in [0.5, 0.6) is 0 Å². The molecule has 15 rings (SSSR count). The number of benzene rings is 11. The molecule has 0 aliphatic carbocycles. The smallest absolute Gasteiger partial charge is 0.159 e. The number of para-hydroxylation sites is 4. The predicted octanol–water partition coefficient (Wildman–Crippen LogP) is 23.0. The van der Waals surface area contributed by atoms with Crippen molar-refractivity contribution in [3.05, 3.63) is 216 Å². The standard InChI is InChI=1S/C74H60N2O4/c1-41(2)45-17-13-19-51(33-45)75(61-25-15-23-57-55-21-9-11-27-63(55)77-71(57)61)53-31-29-47-37-59-65(39-49(47)35-53)79-73-68(44(7)8)70-60-38-48-30-32-54(36-50(48)40-66(60)80-74(70)67(43(5)6)69(59)73)76(52-20-14-18-46(34-52)42(3)4)62-26-16-24-58-56-22-10-12-28-64(56)78-72(58)62/h9-44H,1-8H3. The fourth-order valence-corrected chi connectivity index (χ4v) is 12.9. The third kappa shape index (κ3) is 7.38. The Labute approximate surface area is 464 Å². The zero-order valence-corrected chi connectivity index (χ0v) is 46.3. The van der Waals surface area contributed by atoms with Crippen LogP contribution in [0.4, 0.5) is 34.1 Å². The molecule has 390 valence electrons. The third-order valence-corrected chi connectivity index (χ3v) is 16.8. The van der Waals surface area contributed by atoms with Gasteiger partial charge in [0.05, 0.1) is 11.4 Å². The van der Waals surface area contributed by atoms with Crippen LogP contribution in [0.15, 0.2) is 212 Å². The van der Waals surface area contributed by atoms with Crippen molar-refractivity contribution in [2.45, 2.75) is 79.1 Å². The Morgan fingerprint density at radius 1 is 0.275 bits per heavy atom. The van der Waals surface area contributed by atoms with Crippen LogP contribution < -0.4 is 9.80 Å². The molecule has 0 aliphatic heterocycles. The highest BCUT2D eigenvalue weighted by Gasteiger charge is 2.29. The van der Waals surface area contributed by atoms with E-state index in [2.05, 4.69) is 247 Å². The van der Waals surface area contributed by atoms with E-state index in [1.165, 1.54) is 22.3 Å². The summed E-state index contributed by atoms with van der Waals surface area (Å²) in [4.78, 5) is 4.70. The highest BCUT2D eigenvalue weighted by molar-refractivity contribution is 6.23. The number of furan rings is 4. The molecule has 80 heavy (non-hydrogen) atoms. The lowest BCUT2D eigenvalue weighted by atomic mass is 9.87. The molecule has 0 spiro atoms. The summed E-state index contributed by atoms with van der Waals surface area (Å²) in [6, 6.07) is 70.1. The molecule has 4 heterocycles. The van der Waals surface area contributed by atoms with Gasteiger partial charge >= 0.3 is 0 Å². The van der Waals surface area contributed by atoms with Gasteiger partial charge in [-0.3, -0.25) is 0 Å². The van der Waals surface area contributed by atoms with E-state index in [0.717, 1.165) is 143 Å². The Kier molecular flexibility index (Phi) is 10.9.